The molecule has 110 valence electrons. The van der Waals surface area contributed by atoms with Crippen LogP contribution in [0.2, 0.25) is 0 Å². The highest BCUT2D eigenvalue weighted by atomic mass is 35.5. The predicted octanol–water partition coefficient (Wildman–Crippen LogP) is 4.06. The van der Waals surface area contributed by atoms with Gasteiger partial charge in [0.15, 0.2) is 0 Å². The van der Waals surface area contributed by atoms with Crippen molar-refractivity contribution >= 4 is 17.3 Å². The molecule has 2 rings (SSSR count). The van der Waals surface area contributed by atoms with Gasteiger partial charge in [0.1, 0.15) is 0 Å². The van der Waals surface area contributed by atoms with Crippen molar-refractivity contribution in [3.8, 4) is 0 Å². The molecule has 1 unspecified atom stereocenters. The zero-order valence-corrected chi connectivity index (χ0v) is 12.6. The Kier molecular flexibility index (Phi) is 5.38. The first-order valence-electron chi connectivity index (χ1n) is 7.19. The van der Waals surface area contributed by atoms with Gasteiger partial charge in [-0.3, -0.25) is 10.1 Å². The van der Waals surface area contributed by atoms with Crippen LogP contribution in [-0.2, 0) is 0 Å². The van der Waals surface area contributed by atoms with Gasteiger partial charge in [-0.05, 0) is 38.4 Å². The highest BCUT2D eigenvalue weighted by molar-refractivity contribution is 6.21. The van der Waals surface area contributed by atoms with Crippen molar-refractivity contribution in [2.24, 2.45) is 0 Å². The smallest absolute Gasteiger partial charge is 0.272 e. The molecule has 1 aromatic rings. The minimum absolute atomic E-state index is 0.156. The fourth-order valence-electron chi connectivity index (χ4n) is 2.67. The molecule has 0 aliphatic carbocycles. The van der Waals surface area contributed by atoms with Crippen molar-refractivity contribution in [3.63, 3.8) is 0 Å². The maximum Gasteiger partial charge on any atom is 0.272 e. The molecule has 1 saturated heterocycles. The van der Waals surface area contributed by atoms with Crippen molar-refractivity contribution in [2.75, 3.05) is 19.6 Å². The van der Waals surface area contributed by atoms with Crippen LogP contribution >= 0.6 is 11.6 Å². The van der Waals surface area contributed by atoms with E-state index in [1.165, 1.54) is 25.7 Å². The molecule has 0 N–H and O–H groups in total. The molecule has 1 fully saturated rings. The summed E-state index contributed by atoms with van der Waals surface area (Å²) in [5.41, 5.74) is 1.68. The molecule has 5 heteroatoms. The van der Waals surface area contributed by atoms with Crippen LogP contribution in [0.25, 0.3) is 0 Å². The molecule has 1 aliphatic heterocycles. The zero-order valence-electron chi connectivity index (χ0n) is 11.8. The van der Waals surface area contributed by atoms with Gasteiger partial charge in [-0.2, -0.15) is 0 Å². The predicted molar refractivity (Wildman–Crippen MR) is 81.3 cm³/mol. The third kappa shape index (κ3) is 3.93. The summed E-state index contributed by atoms with van der Waals surface area (Å²) < 4.78 is 0. The number of aryl methyl sites for hydroxylation is 1. The van der Waals surface area contributed by atoms with Gasteiger partial charge in [0.05, 0.1) is 10.3 Å². The van der Waals surface area contributed by atoms with Gasteiger partial charge in [0, 0.05) is 18.2 Å². The van der Waals surface area contributed by atoms with Crippen LogP contribution in [0.4, 0.5) is 5.69 Å². The average Bonchev–Trinajstić information content (AvgIpc) is 2.67. The first-order chi connectivity index (χ1) is 9.58. The number of hydrogen-bond donors (Lipinski definition) is 0. The zero-order chi connectivity index (χ0) is 14.5. The van der Waals surface area contributed by atoms with E-state index in [0.717, 1.165) is 25.2 Å². The van der Waals surface area contributed by atoms with E-state index in [1.807, 2.05) is 6.07 Å². The normalized spacial score (nSPS) is 18.5. The third-order valence-corrected chi connectivity index (χ3v) is 4.30. The molecule has 1 aromatic carbocycles. The second kappa shape index (κ2) is 7.04. The quantitative estimate of drug-likeness (QED) is 0.478. The average molecular weight is 297 g/mol. The van der Waals surface area contributed by atoms with Gasteiger partial charge in [-0.15, -0.1) is 11.6 Å². The van der Waals surface area contributed by atoms with Crippen LogP contribution in [0, 0.1) is 17.0 Å². The number of nitro groups is 1. The fraction of sp³-hybridized carbons (Fsp3) is 0.600. The van der Waals surface area contributed by atoms with Crippen LogP contribution in [0.15, 0.2) is 18.2 Å². The number of nitro benzene ring substituents is 1. The number of nitrogens with zero attached hydrogens (tertiary/aromatic N) is 2. The third-order valence-electron chi connectivity index (χ3n) is 3.91. The molecule has 0 spiro atoms. The number of rotatable bonds is 4. The minimum atomic E-state index is -0.339. The SMILES string of the molecule is Cc1ccc(C(Cl)CN2CCCCCC2)cc1[N+](=O)[O-]. The summed E-state index contributed by atoms with van der Waals surface area (Å²) in [6, 6.07) is 5.30. The van der Waals surface area contributed by atoms with Gasteiger partial charge in [-0.25, -0.2) is 0 Å². The van der Waals surface area contributed by atoms with E-state index < -0.39 is 0 Å². The van der Waals surface area contributed by atoms with E-state index in [1.54, 1.807) is 19.1 Å². The van der Waals surface area contributed by atoms with Crippen LogP contribution in [0.1, 0.15) is 42.2 Å². The first-order valence-corrected chi connectivity index (χ1v) is 7.63. The van der Waals surface area contributed by atoms with E-state index in [0.29, 0.717) is 5.56 Å². The van der Waals surface area contributed by atoms with Crippen molar-refractivity contribution in [3.05, 3.63) is 39.4 Å². The fourth-order valence-corrected chi connectivity index (χ4v) is 3.00. The lowest BCUT2D eigenvalue weighted by Gasteiger charge is -2.23. The summed E-state index contributed by atoms with van der Waals surface area (Å²) in [6.45, 7) is 4.68. The van der Waals surface area contributed by atoms with Crippen molar-refractivity contribution < 1.29 is 4.92 Å². The molecule has 1 aliphatic rings. The topological polar surface area (TPSA) is 46.4 Å². The molecule has 0 bridgehead atoms. The Labute approximate surface area is 124 Å². The molecule has 0 radical (unpaired) electrons. The molecule has 1 heterocycles. The number of alkyl halides is 1. The molecule has 0 aromatic heterocycles. The summed E-state index contributed by atoms with van der Waals surface area (Å²) in [5, 5.41) is 10.8. The largest absolute Gasteiger partial charge is 0.302 e. The van der Waals surface area contributed by atoms with Crippen LogP contribution in [0.3, 0.4) is 0 Å². The van der Waals surface area contributed by atoms with E-state index in [-0.39, 0.29) is 16.0 Å². The summed E-state index contributed by atoms with van der Waals surface area (Å²) >= 11 is 6.46. The lowest BCUT2D eigenvalue weighted by Crippen LogP contribution is -2.28. The van der Waals surface area contributed by atoms with Gasteiger partial charge in [-0.1, -0.05) is 25.0 Å². The summed E-state index contributed by atoms with van der Waals surface area (Å²) in [6.07, 6.45) is 5.02. The standard InChI is InChI=1S/C15H21ClN2O2/c1-12-6-7-13(10-15(12)18(19)20)14(16)11-17-8-4-2-3-5-9-17/h6-7,10,14H,2-5,8-9,11H2,1H3. The van der Waals surface area contributed by atoms with Crippen LogP contribution in [-0.4, -0.2) is 29.5 Å². The number of halogens is 1. The Morgan fingerprint density at radius 1 is 1.30 bits per heavy atom. The molecular weight excluding hydrogens is 276 g/mol. The van der Waals surface area contributed by atoms with Crippen LogP contribution < -0.4 is 0 Å². The first kappa shape index (κ1) is 15.3. The second-order valence-corrected chi connectivity index (χ2v) is 6.01. The monoisotopic (exact) mass is 296 g/mol. The van der Waals surface area contributed by atoms with Gasteiger partial charge >= 0.3 is 0 Å². The number of benzene rings is 1. The van der Waals surface area contributed by atoms with E-state index >= 15 is 0 Å². The summed E-state index contributed by atoms with van der Waals surface area (Å²) in [4.78, 5) is 13.0. The summed E-state index contributed by atoms with van der Waals surface area (Å²) in [7, 11) is 0. The maximum absolute atomic E-state index is 11.0. The second-order valence-electron chi connectivity index (χ2n) is 5.49. The molecule has 0 amide bonds. The van der Waals surface area contributed by atoms with Crippen molar-refractivity contribution in [1.82, 2.24) is 4.90 Å². The maximum atomic E-state index is 11.0. The Balaban J connectivity index is 2.06. The number of likely N-dealkylation sites (tertiary alicyclic amines) is 1. The number of hydrogen-bond acceptors (Lipinski definition) is 3. The Bertz CT molecular complexity index is 471. The Morgan fingerprint density at radius 3 is 2.55 bits per heavy atom. The molecule has 4 nitrogen and oxygen atoms in total. The van der Waals surface area contributed by atoms with Crippen molar-refractivity contribution in [1.29, 1.82) is 0 Å². The van der Waals surface area contributed by atoms with Crippen LogP contribution in [0.5, 0.6) is 0 Å². The highest BCUT2D eigenvalue weighted by Crippen LogP contribution is 2.28. The lowest BCUT2D eigenvalue weighted by atomic mass is 10.1. The van der Waals surface area contributed by atoms with Crippen molar-refractivity contribution in [2.45, 2.75) is 38.0 Å². The van der Waals surface area contributed by atoms with Gasteiger partial charge < -0.3 is 4.90 Å². The summed E-state index contributed by atoms with van der Waals surface area (Å²) in [5.74, 6) is 0. The molecule has 1 atom stereocenters. The van der Waals surface area contributed by atoms with Gasteiger partial charge in [0.2, 0.25) is 0 Å². The highest BCUT2D eigenvalue weighted by Gasteiger charge is 2.18. The molecule has 0 saturated carbocycles. The lowest BCUT2D eigenvalue weighted by molar-refractivity contribution is -0.385. The Hall–Kier alpha value is -1.13. The van der Waals surface area contributed by atoms with E-state index in [2.05, 4.69) is 4.90 Å². The molecule has 20 heavy (non-hydrogen) atoms. The molecular formula is C15H21ClN2O2. The Morgan fingerprint density at radius 2 is 1.95 bits per heavy atom. The minimum Gasteiger partial charge on any atom is -0.302 e. The van der Waals surface area contributed by atoms with E-state index in [4.69, 9.17) is 11.6 Å². The van der Waals surface area contributed by atoms with Gasteiger partial charge in [0.25, 0.3) is 5.69 Å². The van der Waals surface area contributed by atoms with E-state index in [9.17, 15) is 10.1 Å².